The van der Waals surface area contributed by atoms with Crippen molar-refractivity contribution in [3.05, 3.63) is 42.4 Å². The Morgan fingerprint density at radius 2 is 2.05 bits per heavy atom. The average Bonchev–Trinajstić information content (AvgIpc) is 2.99. The van der Waals surface area contributed by atoms with Gasteiger partial charge in [-0.1, -0.05) is 18.2 Å². The molecule has 1 aliphatic rings. The molecule has 1 saturated carbocycles. The third-order valence-electron chi connectivity index (χ3n) is 3.34. The highest BCUT2D eigenvalue weighted by atomic mass is 16.4. The molecule has 0 spiro atoms. The van der Waals surface area contributed by atoms with Gasteiger partial charge in [-0.05, 0) is 25.0 Å². The largest absolute Gasteiger partial charge is 0.453 e. The van der Waals surface area contributed by atoms with Gasteiger partial charge in [0, 0.05) is 11.4 Å². The third kappa shape index (κ3) is 2.15. The molecule has 1 fully saturated rings. The number of hydrogen-bond donors (Lipinski definition) is 1. The maximum Gasteiger partial charge on any atom is 0.209 e. The lowest BCUT2D eigenvalue weighted by Crippen LogP contribution is -2.15. The summed E-state index contributed by atoms with van der Waals surface area (Å²) in [6, 6.07) is 10.6. The summed E-state index contributed by atoms with van der Waals surface area (Å²) in [6.07, 6.45) is 4.25. The van der Waals surface area contributed by atoms with Crippen LogP contribution in [0.5, 0.6) is 0 Å². The van der Waals surface area contributed by atoms with E-state index < -0.39 is 0 Å². The second-order valence-corrected chi connectivity index (χ2v) is 4.92. The predicted molar refractivity (Wildman–Crippen MR) is 71.6 cm³/mol. The van der Waals surface area contributed by atoms with Crippen molar-refractivity contribution in [3.8, 4) is 11.5 Å². The van der Waals surface area contributed by atoms with Crippen molar-refractivity contribution in [2.75, 3.05) is 0 Å². The summed E-state index contributed by atoms with van der Waals surface area (Å²) >= 11 is 0. The van der Waals surface area contributed by atoms with Crippen LogP contribution in [0.1, 0.15) is 18.7 Å². The summed E-state index contributed by atoms with van der Waals surface area (Å²) in [6.45, 7) is 0.685. The van der Waals surface area contributed by atoms with E-state index in [1.807, 2.05) is 30.3 Å². The van der Waals surface area contributed by atoms with E-state index in [-0.39, 0.29) is 0 Å². The van der Waals surface area contributed by atoms with Gasteiger partial charge >= 0.3 is 0 Å². The zero-order valence-electron chi connectivity index (χ0n) is 10.4. The van der Waals surface area contributed by atoms with Gasteiger partial charge in [0.2, 0.25) is 5.89 Å². The molecule has 4 rings (SSSR count). The number of nitrogens with zero attached hydrogens (tertiary/aromatic N) is 1. The maximum absolute atomic E-state index is 5.75. The number of rotatable bonds is 4. The monoisotopic (exact) mass is 254 g/mol. The van der Waals surface area contributed by atoms with Crippen molar-refractivity contribution in [1.29, 1.82) is 0 Å². The van der Waals surface area contributed by atoms with Gasteiger partial charge in [-0.2, -0.15) is 0 Å². The molecule has 0 aliphatic heterocycles. The van der Waals surface area contributed by atoms with Crippen LogP contribution < -0.4 is 5.32 Å². The van der Waals surface area contributed by atoms with E-state index in [1.165, 1.54) is 12.8 Å². The molecular weight excluding hydrogens is 240 g/mol. The van der Waals surface area contributed by atoms with E-state index in [1.54, 1.807) is 6.20 Å². The van der Waals surface area contributed by atoms with Crippen molar-refractivity contribution in [1.82, 2.24) is 10.3 Å². The first-order valence-corrected chi connectivity index (χ1v) is 6.55. The summed E-state index contributed by atoms with van der Waals surface area (Å²) in [5.41, 5.74) is 0.867. The minimum absolute atomic E-state index is 0.654. The van der Waals surface area contributed by atoms with E-state index in [9.17, 15) is 0 Å². The molecule has 96 valence electrons. The van der Waals surface area contributed by atoms with Crippen LogP contribution in [-0.4, -0.2) is 11.0 Å². The lowest BCUT2D eigenvalue weighted by atomic mass is 10.2. The average molecular weight is 254 g/mol. The molecule has 0 bridgehead atoms. The van der Waals surface area contributed by atoms with Gasteiger partial charge in [-0.15, -0.1) is 0 Å². The van der Waals surface area contributed by atoms with Crippen LogP contribution in [0.15, 0.2) is 45.4 Å². The zero-order chi connectivity index (χ0) is 12.7. The topological polar surface area (TPSA) is 51.2 Å². The number of fused-ring (bicyclic) bond motifs is 1. The minimum atomic E-state index is 0.654. The maximum atomic E-state index is 5.75. The first kappa shape index (κ1) is 10.8. The first-order valence-electron chi connectivity index (χ1n) is 6.55. The second-order valence-electron chi connectivity index (χ2n) is 4.92. The number of aromatic nitrogens is 1. The van der Waals surface area contributed by atoms with Crippen LogP contribution >= 0.6 is 0 Å². The SMILES string of the molecule is c1ccc2oc(-c3cnc(CNC4CC4)o3)cc2c1. The molecule has 1 aliphatic carbocycles. The van der Waals surface area contributed by atoms with E-state index >= 15 is 0 Å². The summed E-state index contributed by atoms with van der Waals surface area (Å²) in [7, 11) is 0. The Hall–Kier alpha value is -2.07. The van der Waals surface area contributed by atoms with Gasteiger partial charge in [-0.3, -0.25) is 0 Å². The molecule has 3 aromatic rings. The van der Waals surface area contributed by atoms with Gasteiger partial charge in [0.05, 0.1) is 12.7 Å². The van der Waals surface area contributed by atoms with Crippen molar-refractivity contribution < 1.29 is 8.83 Å². The molecular formula is C15H14N2O2. The molecule has 0 amide bonds. The Morgan fingerprint density at radius 1 is 1.16 bits per heavy atom. The van der Waals surface area contributed by atoms with Crippen LogP contribution in [0.4, 0.5) is 0 Å². The lowest BCUT2D eigenvalue weighted by molar-refractivity contribution is 0.465. The van der Waals surface area contributed by atoms with E-state index in [2.05, 4.69) is 10.3 Å². The minimum Gasteiger partial charge on any atom is -0.453 e. The first-order chi connectivity index (χ1) is 9.38. The smallest absolute Gasteiger partial charge is 0.209 e. The zero-order valence-corrected chi connectivity index (χ0v) is 10.4. The van der Waals surface area contributed by atoms with Crippen LogP contribution in [-0.2, 0) is 6.54 Å². The van der Waals surface area contributed by atoms with E-state index in [0.29, 0.717) is 24.2 Å². The number of oxazole rings is 1. The molecule has 19 heavy (non-hydrogen) atoms. The Labute approximate surface area is 110 Å². The van der Waals surface area contributed by atoms with Gasteiger partial charge in [0.25, 0.3) is 0 Å². The normalized spacial score (nSPS) is 15.2. The fourth-order valence-corrected chi connectivity index (χ4v) is 2.13. The van der Waals surface area contributed by atoms with Gasteiger partial charge in [0.15, 0.2) is 11.5 Å². The van der Waals surface area contributed by atoms with Gasteiger partial charge < -0.3 is 14.2 Å². The Balaban J connectivity index is 1.60. The summed E-state index contributed by atoms with van der Waals surface area (Å²) in [5, 5.41) is 4.45. The molecule has 2 aromatic heterocycles. The predicted octanol–water partition coefficient (Wildman–Crippen LogP) is 3.34. The summed E-state index contributed by atoms with van der Waals surface area (Å²) in [5.74, 6) is 2.12. The molecule has 1 aromatic carbocycles. The van der Waals surface area contributed by atoms with Gasteiger partial charge in [-0.25, -0.2) is 4.98 Å². The number of benzene rings is 1. The van der Waals surface area contributed by atoms with Crippen LogP contribution in [0, 0.1) is 0 Å². The second kappa shape index (κ2) is 4.24. The molecule has 2 heterocycles. The lowest BCUT2D eigenvalue weighted by Gasteiger charge is -1.96. The van der Waals surface area contributed by atoms with Crippen LogP contribution in [0.3, 0.4) is 0 Å². The fraction of sp³-hybridized carbons (Fsp3) is 0.267. The van der Waals surface area contributed by atoms with Crippen molar-refractivity contribution >= 4 is 11.0 Å². The standard InChI is InChI=1S/C15H14N2O2/c1-2-4-12-10(3-1)7-13(18-12)14-8-17-15(19-14)9-16-11-5-6-11/h1-4,7-8,11,16H,5-6,9H2. The van der Waals surface area contributed by atoms with Crippen molar-refractivity contribution in [2.45, 2.75) is 25.4 Å². The number of nitrogens with one attached hydrogen (secondary N) is 1. The summed E-state index contributed by atoms with van der Waals surface area (Å²) < 4.78 is 11.5. The van der Waals surface area contributed by atoms with Crippen LogP contribution in [0.25, 0.3) is 22.5 Å². The number of hydrogen-bond acceptors (Lipinski definition) is 4. The quantitative estimate of drug-likeness (QED) is 0.775. The number of furan rings is 1. The Morgan fingerprint density at radius 3 is 2.89 bits per heavy atom. The third-order valence-corrected chi connectivity index (χ3v) is 3.34. The van der Waals surface area contributed by atoms with Crippen LogP contribution in [0.2, 0.25) is 0 Å². The molecule has 0 atom stereocenters. The molecule has 4 heteroatoms. The highest BCUT2D eigenvalue weighted by Gasteiger charge is 2.21. The van der Waals surface area contributed by atoms with Crippen molar-refractivity contribution in [2.24, 2.45) is 0 Å². The van der Waals surface area contributed by atoms with E-state index in [0.717, 1.165) is 16.7 Å². The highest BCUT2D eigenvalue weighted by molar-refractivity contribution is 5.81. The van der Waals surface area contributed by atoms with Gasteiger partial charge in [0.1, 0.15) is 5.58 Å². The number of para-hydroxylation sites is 1. The molecule has 1 N–H and O–H groups in total. The Bertz CT molecular complexity index is 677. The molecule has 4 nitrogen and oxygen atoms in total. The van der Waals surface area contributed by atoms with E-state index in [4.69, 9.17) is 8.83 Å². The highest BCUT2D eigenvalue weighted by Crippen LogP contribution is 2.28. The van der Waals surface area contributed by atoms with Crippen molar-refractivity contribution in [3.63, 3.8) is 0 Å². The molecule has 0 unspecified atom stereocenters. The molecule has 0 saturated heterocycles. The fourth-order valence-electron chi connectivity index (χ4n) is 2.13. The Kier molecular flexibility index (Phi) is 2.42. The molecule has 0 radical (unpaired) electrons. The summed E-state index contributed by atoms with van der Waals surface area (Å²) in [4.78, 5) is 4.27.